The number of ether oxygens (including phenoxy) is 2. The summed E-state index contributed by atoms with van der Waals surface area (Å²) in [4.78, 5) is 6.82. The van der Waals surface area contributed by atoms with E-state index in [1.165, 1.54) is 24.6 Å². The molecule has 0 unspecified atom stereocenters. The Morgan fingerprint density at radius 1 is 0.962 bits per heavy atom. The average Bonchev–Trinajstić information content (AvgIpc) is 2.67. The quantitative estimate of drug-likeness (QED) is 0.793. The van der Waals surface area contributed by atoms with Gasteiger partial charge in [-0.3, -0.25) is 0 Å². The molecular weight excluding hydrogens is 354 g/mol. The van der Waals surface area contributed by atoms with Crippen LogP contribution in [-0.4, -0.2) is 58.1 Å². The second-order valence-corrected chi connectivity index (χ2v) is 7.98. The number of piperazine rings is 1. The van der Waals surface area contributed by atoms with Crippen molar-refractivity contribution in [1.82, 2.24) is 9.29 Å². The Morgan fingerprint density at radius 3 is 2.27 bits per heavy atom. The van der Waals surface area contributed by atoms with Crippen molar-refractivity contribution in [3.05, 3.63) is 42.1 Å². The molecule has 7 nitrogen and oxygen atoms in total. The first kappa shape index (κ1) is 18.5. The van der Waals surface area contributed by atoms with E-state index in [0.29, 0.717) is 37.7 Å². The van der Waals surface area contributed by atoms with Gasteiger partial charge in [-0.25, -0.2) is 13.4 Å². The van der Waals surface area contributed by atoms with Crippen molar-refractivity contribution < 1.29 is 17.9 Å². The highest BCUT2D eigenvalue weighted by Crippen LogP contribution is 2.31. The zero-order chi connectivity index (χ0) is 18.7. The lowest BCUT2D eigenvalue weighted by Gasteiger charge is -2.34. The molecule has 0 N–H and O–H groups in total. The molecule has 1 fully saturated rings. The molecule has 26 heavy (non-hydrogen) atoms. The molecule has 0 spiro atoms. The van der Waals surface area contributed by atoms with Gasteiger partial charge in [0.25, 0.3) is 0 Å². The smallest absolute Gasteiger partial charge is 0.243 e. The maximum Gasteiger partial charge on any atom is 0.243 e. The third-order valence-electron chi connectivity index (χ3n) is 4.43. The molecule has 3 rings (SSSR count). The predicted molar refractivity (Wildman–Crippen MR) is 99.5 cm³/mol. The number of benzene rings is 1. The van der Waals surface area contributed by atoms with E-state index in [-0.39, 0.29) is 4.90 Å². The summed E-state index contributed by atoms with van der Waals surface area (Å²) in [5, 5.41) is 0. The minimum Gasteiger partial charge on any atom is -0.493 e. The van der Waals surface area contributed by atoms with Crippen molar-refractivity contribution >= 4 is 15.8 Å². The van der Waals surface area contributed by atoms with Crippen LogP contribution in [-0.2, 0) is 10.0 Å². The Labute approximate surface area is 154 Å². The van der Waals surface area contributed by atoms with E-state index in [4.69, 9.17) is 9.47 Å². The van der Waals surface area contributed by atoms with E-state index in [9.17, 15) is 8.42 Å². The van der Waals surface area contributed by atoms with E-state index in [1.807, 2.05) is 25.1 Å². The van der Waals surface area contributed by atoms with Gasteiger partial charge in [0.05, 0.1) is 19.1 Å². The molecule has 0 aliphatic carbocycles. The second kappa shape index (κ2) is 7.51. The fraction of sp³-hybridized carbons (Fsp3) is 0.389. The highest BCUT2D eigenvalue weighted by Gasteiger charge is 2.29. The number of nitrogens with zero attached hydrogens (tertiary/aromatic N) is 3. The minimum atomic E-state index is -3.58. The van der Waals surface area contributed by atoms with Crippen molar-refractivity contribution in [2.45, 2.75) is 11.8 Å². The number of hydrogen-bond donors (Lipinski definition) is 0. The van der Waals surface area contributed by atoms with Gasteiger partial charge in [-0.2, -0.15) is 4.31 Å². The molecule has 1 aliphatic rings. The molecule has 8 heteroatoms. The highest BCUT2D eigenvalue weighted by molar-refractivity contribution is 7.89. The summed E-state index contributed by atoms with van der Waals surface area (Å²) in [5.41, 5.74) is 0.947. The molecule has 0 saturated carbocycles. The Balaban J connectivity index is 1.76. The van der Waals surface area contributed by atoms with Crippen LogP contribution < -0.4 is 14.4 Å². The molecule has 2 heterocycles. The standard InChI is InChI=1S/C18H23N3O4S/c1-14-5-4-6-18(19-14)20-9-11-21(12-10-20)26(22,23)15-7-8-16(24-2)17(13-15)25-3/h4-8,13H,9-12H2,1-3H3. The van der Waals surface area contributed by atoms with Crippen molar-refractivity contribution in [3.63, 3.8) is 0 Å². The summed E-state index contributed by atoms with van der Waals surface area (Å²) in [7, 11) is -0.576. The summed E-state index contributed by atoms with van der Waals surface area (Å²) >= 11 is 0. The van der Waals surface area contributed by atoms with Gasteiger partial charge < -0.3 is 14.4 Å². The Morgan fingerprint density at radius 2 is 1.65 bits per heavy atom. The lowest BCUT2D eigenvalue weighted by atomic mass is 10.3. The third-order valence-corrected chi connectivity index (χ3v) is 6.32. The SMILES string of the molecule is COc1ccc(S(=O)(=O)N2CCN(c3cccc(C)n3)CC2)cc1OC. The molecule has 0 radical (unpaired) electrons. The lowest BCUT2D eigenvalue weighted by Crippen LogP contribution is -2.48. The number of methoxy groups -OCH3 is 2. The molecule has 1 aliphatic heterocycles. The van der Waals surface area contributed by atoms with Crippen LogP contribution >= 0.6 is 0 Å². The number of aromatic nitrogens is 1. The van der Waals surface area contributed by atoms with Crippen molar-refractivity contribution in [2.75, 3.05) is 45.3 Å². The van der Waals surface area contributed by atoms with Gasteiger partial charge in [0.1, 0.15) is 5.82 Å². The predicted octanol–water partition coefficient (Wildman–Crippen LogP) is 1.92. The summed E-state index contributed by atoms with van der Waals surface area (Å²) in [6.45, 7) is 3.96. The van der Waals surface area contributed by atoms with Crippen LogP contribution in [0.25, 0.3) is 0 Å². The first-order chi connectivity index (χ1) is 12.5. The molecule has 0 amide bonds. The molecule has 140 valence electrons. The average molecular weight is 377 g/mol. The van der Waals surface area contributed by atoms with Crippen LogP contribution in [0.3, 0.4) is 0 Å². The van der Waals surface area contributed by atoms with Gasteiger partial charge in [-0.05, 0) is 31.2 Å². The van der Waals surface area contributed by atoms with Crippen molar-refractivity contribution in [3.8, 4) is 11.5 Å². The molecule has 0 atom stereocenters. The fourth-order valence-electron chi connectivity index (χ4n) is 2.99. The van der Waals surface area contributed by atoms with Gasteiger partial charge in [0, 0.05) is 37.9 Å². The third kappa shape index (κ3) is 3.61. The molecule has 0 bridgehead atoms. The van der Waals surface area contributed by atoms with Gasteiger partial charge in [-0.15, -0.1) is 0 Å². The van der Waals surface area contributed by atoms with E-state index in [2.05, 4.69) is 9.88 Å². The minimum absolute atomic E-state index is 0.206. The van der Waals surface area contributed by atoms with Gasteiger partial charge in [0.2, 0.25) is 10.0 Å². The normalized spacial score (nSPS) is 15.7. The van der Waals surface area contributed by atoms with Gasteiger partial charge in [0.15, 0.2) is 11.5 Å². The van der Waals surface area contributed by atoms with E-state index in [1.54, 1.807) is 12.1 Å². The molecule has 1 aromatic carbocycles. The summed E-state index contributed by atoms with van der Waals surface area (Å²) in [5.74, 6) is 1.78. The molecule has 2 aromatic rings. The summed E-state index contributed by atoms with van der Waals surface area (Å²) in [6, 6.07) is 10.5. The largest absolute Gasteiger partial charge is 0.493 e. The zero-order valence-electron chi connectivity index (χ0n) is 15.2. The fourth-order valence-corrected chi connectivity index (χ4v) is 4.43. The summed E-state index contributed by atoms with van der Waals surface area (Å²) < 4.78 is 37.8. The lowest BCUT2D eigenvalue weighted by molar-refractivity contribution is 0.353. The van der Waals surface area contributed by atoms with Gasteiger partial charge >= 0.3 is 0 Å². The van der Waals surface area contributed by atoms with Gasteiger partial charge in [-0.1, -0.05) is 6.07 Å². The number of sulfonamides is 1. The van der Waals surface area contributed by atoms with Crippen LogP contribution in [0.2, 0.25) is 0 Å². The number of pyridine rings is 1. The molecule has 1 aromatic heterocycles. The maximum atomic E-state index is 12.9. The molecule has 1 saturated heterocycles. The van der Waals surface area contributed by atoms with E-state index in [0.717, 1.165) is 11.5 Å². The number of rotatable bonds is 5. The maximum absolute atomic E-state index is 12.9. The van der Waals surface area contributed by atoms with Crippen LogP contribution in [0.5, 0.6) is 11.5 Å². The highest BCUT2D eigenvalue weighted by atomic mass is 32.2. The van der Waals surface area contributed by atoms with Crippen LogP contribution in [0, 0.1) is 6.92 Å². The second-order valence-electron chi connectivity index (χ2n) is 6.05. The topological polar surface area (TPSA) is 72.0 Å². The van der Waals surface area contributed by atoms with Crippen LogP contribution in [0.1, 0.15) is 5.69 Å². The Bertz CT molecular complexity index is 878. The monoisotopic (exact) mass is 377 g/mol. The number of aryl methyl sites for hydroxylation is 1. The first-order valence-corrected chi connectivity index (χ1v) is 9.80. The molecular formula is C18H23N3O4S. The van der Waals surface area contributed by atoms with E-state index >= 15 is 0 Å². The van der Waals surface area contributed by atoms with Crippen molar-refractivity contribution in [1.29, 1.82) is 0 Å². The van der Waals surface area contributed by atoms with Crippen LogP contribution in [0.4, 0.5) is 5.82 Å². The number of anilines is 1. The van der Waals surface area contributed by atoms with E-state index < -0.39 is 10.0 Å². The Hall–Kier alpha value is -2.32. The number of hydrogen-bond acceptors (Lipinski definition) is 6. The Kier molecular flexibility index (Phi) is 5.33. The van der Waals surface area contributed by atoms with Crippen molar-refractivity contribution in [2.24, 2.45) is 0 Å². The zero-order valence-corrected chi connectivity index (χ0v) is 16.0. The van der Waals surface area contributed by atoms with Crippen LogP contribution in [0.15, 0.2) is 41.3 Å². The first-order valence-electron chi connectivity index (χ1n) is 8.36. The summed E-state index contributed by atoms with van der Waals surface area (Å²) in [6.07, 6.45) is 0.